The lowest BCUT2D eigenvalue weighted by atomic mass is 9.97. The minimum Gasteiger partial charge on any atom is -0.493 e. The lowest BCUT2D eigenvalue weighted by Gasteiger charge is -2.33. The van der Waals surface area contributed by atoms with Crippen LogP contribution in [-0.4, -0.2) is 36.7 Å². The van der Waals surface area contributed by atoms with E-state index < -0.39 is 0 Å². The van der Waals surface area contributed by atoms with Gasteiger partial charge in [0.2, 0.25) is 0 Å². The monoisotopic (exact) mass is 280 g/mol. The molecular weight excluding hydrogens is 260 g/mol. The molecule has 0 saturated carbocycles. The first-order chi connectivity index (χ1) is 9.06. The maximum absolute atomic E-state index is 5.73. The number of nitrogens with zero attached hydrogens (tertiary/aromatic N) is 1. The molecule has 0 saturated heterocycles. The molecule has 19 heavy (non-hydrogen) atoms. The average molecular weight is 280 g/mol. The summed E-state index contributed by atoms with van der Waals surface area (Å²) in [6.45, 7) is 3.85. The Morgan fingerprint density at radius 2 is 1.84 bits per heavy atom. The molecule has 1 aromatic carbocycles. The van der Waals surface area contributed by atoms with Crippen molar-refractivity contribution >= 4 is 17.2 Å². The molecule has 0 spiro atoms. The molecule has 0 bridgehead atoms. The van der Waals surface area contributed by atoms with Crippen LogP contribution in [0.4, 0.5) is 0 Å². The van der Waals surface area contributed by atoms with Gasteiger partial charge in [0.15, 0.2) is 11.5 Å². The van der Waals surface area contributed by atoms with Crippen LogP contribution in [0.1, 0.15) is 18.1 Å². The Morgan fingerprint density at radius 3 is 2.37 bits per heavy atom. The van der Waals surface area contributed by atoms with Crippen molar-refractivity contribution in [1.82, 2.24) is 4.90 Å². The van der Waals surface area contributed by atoms with E-state index in [0.717, 1.165) is 31.0 Å². The number of fused-ring (bicyclic) bond motifs is 1. The van der Waals surface area contributed by atoms with E-state index in [-0.39, 0.29) is 6.04 Å². The Morgan fingerprint density at radius 1 is 1.26 bits per heavy atom. The van der Waals surface area contributed by atoms with E-state index in [1.165, 1.54) is 11.1 Å². The molecule has 1 aliphatic rings. The van der Waals surface area contributed by atoms with Crippen molar-refractivity contribution < 1.29 is 9.47 Å². The Labute approximate surface area is 119 Å². The van der Waals surface area contributed by atoms with Crippen LogP contribution in [0.15, 0.2) is 12.1 Å². The Hall–Kier alpha value is -1.33. The summed E-state index contributed by atoms with van der Waals surface area (Å²) in [4.78, 5) is 2.83. The fourth-order valence-electron chi connectivity index (χ4n) is 2.42. The van der Waals surface area contributed by atoms with E-state index in [0.29, 0.717) is 4.99 Å². The fraction of sp³-hybridized carbons (Fsp3) is 0.500. The molecule has 1 unspecified atom stereocenters. The van der Waals surface area contributed by atoms with Gasteiger partial charge in [0.1, 0.15) is 0 Å². The molecule has 104 valence electrons. The average Bonchev–Trinajstić information content (AvgIpc) is 2.44. The number of hydrogen-bond donors (Lipinski definition) is 1. The van der Waals surface area contributed by atoms with Gasteiger partial charge >= 0.3 is 0 Å². The highest BCUT2D eigenvalue weighted by molar-refractivity contribution is 7.80. The van der Waals surface area contributed by atoms with Gasteiger partial charge in [-0.1, -0.05) is 12.2 Å². The smallest absolute Gasteiger partial charge is 0.161 e. The molecule has 4 nitrogen and oxygen atoms in total. The minimum atomic E-state index is 0.122. The van der Waals surface area contributed by atoms with Gasteiger partial charge in [-0.05, 0) is 36.6 Å². The van der Waals surface area contributed by atoms with Crippen molar-refractivity contribution in [3.05, 3.63) is 23.3 Å². The number of thiocarbonyl (C=S) groups is 1. The number of benzene rings is 1. The van der Waals surface area contributed by atoms with E-state index in [1.807, 2.05) is 13.0 Å². The molecule has 0 aromatic heterocycles. The highest BCUT2D eigenvalue weighted by Gasteiger charge is 2.23. The van der Waals surface area contributed by atoms with Crippen LogP contribution in [-0.2, 0) is 13.0 Å². The lowest BCUT2D eigenvalue weighted by molar-refractivity contribution is 0.233. The topological polar surface area (TPSA) is 47.7 Å². The van der Waals surface area contributed by atoms with Gasteiger partial charge in [0.25, 0.3) is 0 Å². The third kappa shape index (κ3) is 2.82. The van der Waals surface area contributed by atoms with Crippen molar-refractivity contribution in [3.63, 3.8) is 0 Å². The van der Waals surface area contributed by atoms with Crippen LogP contribution in [0.5, 0.6) is 11.5 Å². The highest BCUT2D eigenvalue weighted by atomic mass is 32.1. The van der Waals surface area contributed by atoms with Crippen LogP contribution < -0.4 is 15.2 Å². The van der Waals surface area contributed by atoms with Gasteiger partial charge in [-0.3, -0.25) is 4.90 Å². The molecule has 1 heterocycles. The first kappa shape index (κ1) is 14.1. The van der Waals surface area contributed by atoms with Gasteiger partial charge in [-0.25, -0.2) is 0 Å². The van der Waals surface area contributed by atoms with Crippen LogP contribution in [0.2, 0.25) is 0 Å². The molecule has 1 aliphatic heterocycles. The van der Waals surface area contributed by atoms with Crippen LogP contribution >= 0.6 is 12.2 Å². The minimum absolute atomic E-state index is 0.122. The summed E-state index contributed by atoms with van der Waals surface area (Å²) in [5.74, 6) is 1.56. The van der Waals surface area contributed by atoms with E-state index in [2.05, 4.69) is 11.0 Å². The van der Waals surface area contributed by atoms with Gasteiger partial charge in [0.05, 0.1) is 25.2 Å². The summed E-state index contributed by atoms with van der Waals surface area (Å²) in [5, 5.41) is 0. The lowest BCUT2D eigenvalue weighted by Crippen LogP contribution is -2.44. The van der Waals surface area contributed by atoms with E-state index in [1.54, 1.807) is 14.2 Å². The molecule has 2 rings (SSSR count). The molecular formula is C14H20N2O2S. The van der Waals surface area contributed by atoms with E-state index in [4.69, 9.17) is 27.4 Å². The largest absolute Gasteiger partial charge is 0.493 e. The van der Waals surface area contributed by atoms with Crippen LogP contribution in [0.25, 0.3) is 0 Å². The molecule has 0 fully saturated rings. The zero-order chi connectivity index (χ0) is 14.0. The maximum atomic E-state index is 5.73. The van der Waals surface area contributed by atoms with Crippen molar-refractivity contribution in [1.29, 1.82) is 0 Å². The fourth-order valence-corrected chi connectivity index (χ4v) is 2.56. The molecule has 0 amide bonds. The van der Waals surface area contributed by atoms with Gasteiger partial charge < -0.3 is 15.2 Å². The number of methoxy groups -OCH3 is 2. The summed E-state index contributed by atoms with van der Waals surface area (Å²) in [6, 6.07) is 4.24. The quantitative estimate of drug-likeness (QED) is 0.851. The SMILES string of the molecule is COc1cc2c(cc1OC)CN(C(C)C(N)=S)CC2. The first-order valence-corrected chi connectivity index (χ1v) is 6.74. The highest BCUT2D eigenvalue weighted by Crippen LogP contribution is 2.33. The standard InChI is InChI=1S/C14H20N2O2S/c1-9(14(15)19)16-5-4-10-6-12(17-2)13(18-3)7-11(10)8-16/h6-7,9H,4-5,8H2,1-3H3,(H2,15,19). The second-order valence-electron chi connectivity index (χ2n) is 4.77. The number of rotatable bonds is 4. The van der Waals surface area contributed by atoms with Gasteiger partial charge in [-0.2, -0.15) is 0 Å². The first-order valence-electron chi connectivity index (χ1n) is 6.34. The van der Waals surface area contributed by atoms with Crippen LogP contribution in [0.3, 0.4) is 0 Å². The third-order valence-corrected chi connectivity index (χ3v) is 4.05. The molecule has 0 aliphatic carbocycles. The van der Waals surface area contributed by atoms with Crippen molar-refractivity contribution in [3.8, 4) is 11.5 Å². The molecule has 5 heteroatoms. The predicted octanol–water partition coefficient (Wildman–Crippen LogP) is 1.74. The maximum Gasteiger partial charge on any atom is 0.161 e. The van der Waals surface area contributed by atoms with Crippen LogP contribution in [0, 0.1) is 0 Å². The summed E-state index contributed by atoms with van der Waals surface area (Å²) in [6.07, 6.45) is 0.975. The predicted molar refractivity (Wildman–Crippen MR) is 79.9 cm³/mol. The summed E-state index contributed by atoms with van der Waals surface area (Å²) in [5.41, 5.74) is 8.30. The Bertz CT molecular complexity index is 491. The number of ether oxygens (including phenoxy) is 2. The second-order valence-corrected chi connectivity index (χ2v) is 5.25. The van der Waals surface area contributed by atoms with Crippen molar-refractivity contribution in [2.45, 2.75) is 25.9 Å². The van der Waals surface area contributed by atoms with Crippen molar-refractivity contribution in [2.24, 2.45) is 5.73 Å². The van der Waals surface area contributed by atoms with Crippen molar-refractivity contribution in [2.75, 3.05) is 20.8 Å². The van der Waals surface area contributed by atoms with Gasteiger partial charge in [-0.15, -0.1) is 0 Å². The van der Waals surface area contributed by atoms with Gasteiger partial charge in [0, 0.05) is 13.1 Å². The number of nitrogens with two attached hydrogens (primary N) is 1. The van der Waals surface area contributed by atoms with E-state index >= 15 is 0 Å². The number of hydrogen-bond acceptors (Lipinski definition) is 4. The van der Waals surface area contributed by atoms with E-state index in [9.17, 15) is 0 Å². The molecule has 1 atom stereocenters. The Balaban J connectivity index is 2.27. The zero-order valence-corrected chi connectivity index (χ0v) is 12.4. The normalized spacial score (nSPS) is 16.6. The zero-order valence-electron chi connectivity index (χ0n) is 11.6. The Kier molecular flexibility index (Phi) is 4.27. The summed E-state index contributed by atoms with van der Waals surface area (Å²) < 4.78 is 10.7. The molecule has 0 radical (unpaired) electrons. The summed E-state index contributed by atoms with van der Waals surface area (Å²) >= 11 is 5.08. The summed E-state index contributed by atoms with van der Waals surface area (Å²) in [7, 11) is 3.32. The third-order valence-electron chi connectivity index (χ3n) is 3.71. The molecule has 1 aromatic rings. The molecule has 2 N–H and O–H groups in total. The second kappa shape index (κ2) is 5.75.